The molecule has 0 spiro atoms. The van der Waals surface area contributed by atoms with Gasteiger partial charge in [0, 0.05) is 6.54 Å². The summed E-state index contributed by atoms with van der Waals surface area (Å²) in [5.74, 6) is 0.141. The van der Waals surface area contributed by atoms with E-state index in [0.717, 1.165) is 24.8 Å². The second-order valence-corrected chi connectivity index (χ2v) is 5.66. The highest BCUT2D eigenvalue weighted by Crippen LogP contribution is 2.40. The average Bonchev–Trinajstić information content (AvgIpc) is 3.29. The van der Waals surface area contributed by atoms with Crippen LogP contribution in [0.5, 0.6) is 0 Å². The average molecular weight is 294 g/mol. The van der Waals surface area contributed by atoms with Crippen molar-refractivity contribution in [2.45, 2.75) is 44.8 Å². The minimum absolute atomic E-state index is 0.0890. The Hall–Kier alpha value is -1.62. The Morgan fingerprint density at radius 3 is 2.62 bits per heavy atom. The molecule has 1 aromatic carbocycles. The minimum atomic E-state index is -0.508. The number of amides is 2. The molecule has 1 aliphatic rings. The number of urea groups is 1. The Balaban J connectivity index is 1.88. The van der Waals surface area contributed by atoms with Crippen LogP contribution in [0.25, 0.3) is 0 Å². The number of hydrogen-bond donors (Lipinski definition) is 3. The van der Waals surface area contributed by atoms with Crippen LogP contribution in [0, 0.1) is 11.7 Å². The van der Waals surface area contributed by atoms with E-state index in [9.17, 15) is 14.3 Å². The fourth-order valence-corrected chi connectivity index (χ4v) is 2.41. The zero-order valence-corrected chi connectivity index (χ0v) is 12.3. The van der Waals surface area contributed by atoms with Gasteiger partial charge in [-0.2, -0.15) is 0 Å². The number of carbonyl (C=O) groups excluding carboxylic acids is 1. The Morgan fingerprint density at radius 1 is 1.38 bits per heavy atom. The minimum Gasteiger partial charge on any atom is -0.391 e. The predicted octanol–water partition coefficient (Wildman–Crippen LogP) is 2.74. The zero-order valence-electron chi connectivity index (χ0n) is 12.3. The molecule has 2 unspecified atom stereocenters. The van der Waals surface area contributed by atoms with E-state index in [1.165, 1.54) is 12.1 Å². The first-order chi connectivity index (χ1) is 10.1. The van der Waals surface area contributed by atoms with E-state index < -0.39 is 6.10 Å². The molecule has 116 valence electrons. The summed E-state index contributed by atoms with van der Waals surface area (Å²) in [5, 5.41) is 15.2. The van der Waals surface area contributed by atoms with E-state index in [1.54, 1.807) is 12.1 Å². The summed E-state index contributed by atoms with van der Waals surface area (Å²) in [7, 11) is 0. The van der Waals surface area contributed by atoms with Gasteiger partial charge in [-0.15, -0.1) is 0 Å². The van der Waals surface area contributed by atoms with Crippen molar-refractivity contribution in [2.24, 2.45) is 5.92 Å². The number of carbonyl (C=O) groups is 1. The van der Waals surface area contributed by atoms with Crippen molar-refractivity contribution in [1.82, 2.24) is 10.6 Å². The lowest BCUT2D eigenvalue weighted by Crippen LogP contribution is -2.41. The molecule has 4 nitrogen and oxygen atoms in total. The molecule has 2 rings (SSSR count). The number of nitrogens with one attached hydrogen (secondary N) is 2. The summed E-state index contributed by atoms with van der Waals surface area (Å²) in [5.41, 5.74) is 0.920. The highest BCUT2D eigenvalue weighted by Gasteiger charge is 2.33. The van der Waals surface area contributed by atoms with Crippen LogP contribution < -0.4 is 10.6 Å². The topological polar surface area (TPSA) is 61.4 Å². The summed E-state index contributed by atoms with van der Waals surface area (Å²) in [6.07, 6.45) is 3.18. The van der Waals surface area contributed by atoms with E-state index in [0.29, 0.717) is 12.3 Å². The van der Waals surface area contributed by atoms with Crippen LogP contribution in [-0.2, 0) is 0 Å². The standard InChI is InChI=1S/C16H23FN2O2/c1-2-3-14(20)10-18-16(21)19-15(11-4-5-11)12-6-8-13(17)9-7-12/h6-9,11,14-15,20H,2-5,10H2,1H3,(H2,18,19,21). The van der Waals surface area contributed by atoms with Gasteiger partial charge < -0.3 is 15.7 Å². The molecule has 0 radical (unpaired) electrons. The van der Waals surface area contributed by atoms with Gasteiger partial charge in [-0.05, 0) is 42.9 Å². The fraction of sp³-hybridized carbons (Fsp3) is 0.562. The molecule has 1 fully saturated rings. The Kier molecular flexibility index (Phi) is 5.56. The van der Waals surface area contributed by atoms with Crippen LogP contribution in [-0.4, -0.2) is 23.8 Å². The Labute approximate surface area is 124 Å². The van der Waals surface area contributed by atoms with Crippen LogP contribution in [0.4, 0.5) is 9.18 Å². The summed E-state index contributed by atoms with van der Waals surface area (Å²) in [6.45, 7) is 2.24. The fourth-order valence-electron chi connectivity index (χ4n) is 2.41. The molecule has 3 N–H and O–H groups in total. The number of rotatable bonds is 7. The molecule has 21 heavy (non-hydrogen) atoms. The molecule has 0 heterocycles. The maximum Gasteiger partial charge on any atom is 0.315 e. The van der Waals surface area contributed by atoms with Gasteiger partial charge in [0.05, 0.1) is 12.1 Å². The van der Waals surface area contributed by atoms with E-state index in [1.807, 2.05) is 6.92 Å². The molecule has 1 saturated carbocycles. The lowest BCUT2D eigenvalue weighted by atomic mass is 10.0. The summed E-state index contributed by atoms with van der Waals surface area (Å²) in [4.78, 5) is 11.9. The summed E-state index contributed by atoms with van der Waals surface area (Å²) in [6, 6.07) is 5.87. The van der Waals surface area contributed by atoms with Gasteiger partial charge in [0.2, 0.25) is 0 Å². The Bertz CT molecular complexity index is 460. The molecule has 5 heteroatoms. The first-order valence-corrected chi connectivity index (χ1v) is 7.58. The van der Waals surface area contributed by atoms with E-state index in [-0.39, 0.29) is 24.4 Å². The molecule has 2 atom stereocenters. The van der Waals surface area contributed by atoms with Crippen LogP contribution in [0.3, 0.4) is 0 Å². The molecule has 1 aromatic rings. The third-order valence-corrected chi connectivity index (χ3v) is 3.73. The molecular weight excluding hydrogens is 271 g/mol. The highest BCUT2D eigenvalue weighted by molar-refractivity contribution is 5.74. The highest BCUT2D eigenvalue weighted by atomic mass is 19.1. The molecule has 0 bridgehead atoms. The van der Waals surface area contributed by atoms with Gasteiger partial charge in [-0.3, -0.25) is 0 Å². The zero-order chi connectivity index (χ0) is 15.2. The maximum atomic E-state index is 13.0. The van der Waals surface area contributed by atoms with Crippen LogP contribution >= 0.6 is 0 Å². The van der Waals surface area contributed by atoms with Crippen molar-refractivity contribution in [3.8, 4) is 0 Å². The monoisotopic (exact) mass is 294 g/mol. The van der Waals surface area contributed by atoms with Gasteiger partial charge in [-0.1, -0.05) is 25.5 Å². The molecular formula is C16H23FN2O2. The van der Waals surface area contributed by atoms with Gasteiger partial charge in [0.25, 0.3) is 0 Å². The number of aliphatic hydroxyl groups is 1. The first kappa shape index (κ1) is 15.8. The van der Waals surface area contributed by atoms with Gasteiger partial charge in [0.1, 0.15) is 5.82 Å². The lowest BCUT2D eigenvalue weighted by molar-refractivity contribution is 0.159. The van der Waals surface area contributed by atoms with Crippen LogP contribution in [0.15, 0.2) is 24.3 Å². The second-order valence-electron chi connectivity index (χ2n) is 5.66. The van der Waals surface area contributed by atoms with Gasteiger partial charge in [0.15, 0.2) is 0 Å². The third-order valence-electron chi connectivity index (χ3n) is 3.73. The van der Waals surface area contributed by atoms with Crippen molar-refractivity contribution in [3.63, 3.8) is 0 Å². The lowest BCUT2D eigenvalue weighted by Gasteiger charge is -2.20. The molecule has 2 amide bonds. The predicted molar refractivity (Wildman–Crippen MR) is 79.3 cm³/mol. The van der Waals surface area contributed by atoms with Gasteiger partial charge >= 0.3 is 6.03 Å². The smallest absolute Gasteiger partial charge is 0.315 e. The third kappa shape index (κ3) is 5.01. The Morgan fingerprint density at radius 2 is 2.05 bits per heavy atom. The SMILES string of the molecule is CCCC(O)CNC(=O)NC(c1ccc(F)cc1)C1CC1. The van der Waals surface area contributed by atoms with Crippen LogP contribution in [0.2, 0.25) is 0 Å². The largest absolute Gasteiger partial charge is 0.391 e. The van der Waals surface area contributed by atoms with Crippen molar-refractivity contribution in [2.75, 3.05) is 6.54 Å². The van der Waals surface area contributed by atoms with E-state index >= 15 is 0 Å². The van der Waals surface area contributed by atoms with Crippen molar-refractivity contribution >= 4 is 6.03 Å². The van der Waals surface area contributed by atoms with Gasteiger partial charge in [-0.25, -0.2) is 9.18 Å². The van der Waals surface area contributed by atoms with E-state index in [4.69, 9.17) is 0 Å². The number of aliphatic hydroxyl groups excluding tert-OH is 1. The molecule has 0 aliphatic heterocycles. The van der Waals surface area contributed by atoms with E-state index in [2.05, 4.69) is 10.6 Å². The van der Waals surface area contributed by atoms with Crippen molar-refractivity contribution < 1.29 is 14.3 Å². The number of benzene rings is 1. The first-order valence-electron chi connectivity index (χ1n) is 7.58. The molecule has 1 aliphatic carbocycles. The number of hydrogen-bond acceptors (Lipinski definition) is 2. The maximum absolute atomic E-state index is 13.0. The summed E-state index contributed by atoms with van der Waals surface area (Å²) < 4.78 is 13.0. The summed E-state index contributed by atoms with van der Waals surface area (Å²) >= 11 is 0. The van der Waals surface area contributed by atoms with Crippen molar-refractivity contribution in [1.29, 1.82) is 0 Å². The second kappa shape index (κ2) is 7.41. The molecule has 0 aromatic heterocycles. The van der Waals surface area contributed by atoms with Crippen molar-refractivity contribution in [3.05, 3.63) is 35.6 Å². The quantitative estimate of drug-likeness (QED) is 0.724. The molecule has 0 saturated heterocycles. The van der Waals surface area contributed by atoms with Crippen LogP contribution in [0.1, 0.15) is 44.2 Å². The number of halogens is 1. The normalized spacial score (nSPS) is 17.1.